The second-order valence-corrected chi connectivity index (χ2v) is 6.73. The van der Waals surface area contributed by atoms with Crippen LogP contribution in [0.25, 0.3) is 0 Å². The Bertz CT molecular complexity index is 781. The van der Waals surface area contributed by atoms with Crippen molar-refractivity contribution in [2.45, 2.75) is 18.9 Å². The van der Waals surface area contributed by atoms with Crippen LogP contribution in [0.15, 0.2) is 59.1 Å². The predicted octanol–water partition coefficient (Wildman–Crippen LogP) is 3.69. The van der Waals surface area contributed by atoms with E-state index in [0.29, 0.717) is 12.2 Å². The number of nitrogens with one attached hydrogen (secondary N) is 1. The van der Waals surface area contributed by atoms with Gasteiger partial charge in [-0.25, -0.2) is 4.79 Å². The van der Waals surface area contributed by atoms with Crippen molar-refractivity contribution in [2.24, 2.45) is 0 Å². The smallest absolute Gasteiger partial charge is 0.325 e. The molecule has 130 valence electrons. The molecule has 1 unspecified atom stereocenters. The van der Waals surface area contributed by atoms with Gasteiger partial charge >= 0.3 is 6.03 Å². The van der Waals surface area contributed by atoms with Crippen molar-refractivity contribution < 1.29 is 14.3 Å². The van der Waals surface area contributed by atoms with Gasteiger partial charge < -0.3 is 10.1 Å². The van der Waals surface area contributed by atoms with Crippen molar-refractivity contribution in [3.63, 3.8) is 0 Å². The molecule has 0 spiro atoms. The molecule has 0 radical (unpaired) electrons. The van der Waals surface area contributed by atoms with Gasteiger partial charge in [-0.05, 0) is 30.2 Å². The van der Waals surface area contributed by atoms with Crippen molar-refractivity contribution in [1.29, 1.82) is 0 Å². The van der Waals surface area contributed by atoms with Crippen LogP contribution < -0.4 is 10.1 Å². The Morgan fingerprint density at radius 3 is 2.56 bits per heavy atom. The summed E-state index contributed by atoms with van der Waals surface area (Å²) in [5.41, 5.74) is -0.194. The highest BCUT2D eigenvalue weighted by Crippen LogP contribution is 2.32. The third-order valence-corrected chi connectivity index (χ3v) is 4.85. The molecular formula is C19H19BrN2O3. The molecule has 2 aromatic rings. The second kappa shape index (κ2) is 7.27. The largest absolute Gasteiger partial charge is 0.492 e. The van der Waals surface area contributed by atoms with E-state index < -0.39 is 5.54 Å². The zero-order chi connectivity index (χ0) is 17.9. The van der Waals surface area contributed by atoms with Crippen LogP contribution in [0.2, 0.25) is 0 Å². The molecule has 1 saturated heterocycles. The van der Waals surface area contributed by atoms with Gasteiger partial charge in [0, 0.05) is 4.47 Å². The highest BCUT2D eigenvalue weighted by atomic mass is 79.9. The van der Waals surface area contributed by atoms with Crippen LogP contribution in [0.5, 0.6) is 5.75 Å². The molecule has 5 nitrogen and oxygen atoms in total. The van der Waals surface area contributed by atoms with Crippen LogP contribution in [0.3, 0.4) is 0 Å². The first-order valence-corrected chi connectivity index (χ1v) is 8.94. The number of imide groups is 1. The average Bonchev–Trinajstić information content (AvgIpc) is 2.87. The number of urea groups is 1. The van der Waals surface area contributed by atoms with Gasteiger partial charge in [0.1, 0.15) is 17.9 Å². The maximum absolute atomic E-state index is 12.9. The van der Waals surface area contributed by atoms with Gasteiger partial charge in [-0.3, -0.25) is 9.69 Å². The molecule has 25 heavy (non-hydrogen) atoms. The van der Waals surface area contributed by atoms with Gasteiger partial charge in [0.05, 0.1) is 6.54 Å². The van der Waals surface area contributed by atoms with Crippen molar-refractivity contribution in [2.75, 3.05) is 13.2 Å². The summed E-state index contributed by atoms with van der Waals surface area (Å²) < 4.78 is 6.56. The minimum atomic E-state index is -0.992. The Hall–Kier alpha value is -2.34. The zero-order valence-electron chi connectivity index (χ0n) is 13.9. The van der Waals surface area contributed by atoms with Gasteiger partial charge in [0.25, 0.3) is 5.91 Å². The molecule has 3 amide bonds. The summed E-state index contributed by atoms with van der Waals surface area (Å²) in [6.07, 6.45) is 0.491. The average molecular weight is 403 g/mol. The van der Waals surface area contributed by atoms with E-state index in [4.69, 9.17) is 4.74 Å². The van der Waals surface area contributed by atoms with E-state index in [1.54, 1.807) is 0 Å². The van der Waals surface area contributed by atoms with Crippen LogP contribution in [-0.4, -0.2) is 30.0 Å². The summed E-state index contributed by atoms with van der Waals surface area (Å²) in [5.74, 6) is 0.454. The molecule has 1 atom stereocenters. The normalized spacial score (nSPS) is 19.8. The van der Waals surface area contributed by atoms with E-state index >= 15 is 0 Å². The first-order valence-electron chi connectivity index (χ1n) is 8.15. The summed E-state index contributed by atoms with van der Waals surface area (Å²) in [6.45, 7) is 2.34. The number of benzene rings is 2. The Kier molecular flexibility index (Phi) is 5.08. The van der Waals surface area contributed by atoms with Crippen molar-refractivity contribution >= 4 is 27.9 Å². The minimum Gasteiger partial charge on any atom is -0.492 e. The van der Waals surface area contributed by atoms with Crippen LogP contribution in [0, 0.1) is 0 Å². The number of halogens is 1. The maximum Gasteiger partial charge on any atom is 0.325 e. The third kappa shape index (κ3) is 3.39. The molecule has 3 rings (SSSR count). The Balaban J connectivity index is 1.71. The number of hydrogen-bond donors (Lipinski definition) is 1. The summed E-state index contributed by atoms with van der Waals surface area (Å²) in [4.78, 5) is 26.5. The van der Waals surface area contributed by atoms with E-state index in [1.165, 1.54) is 4.90 Å². The lowest BCUT2D eigenvalue weighted by atomic mass is 9.87. The first kappa shape index (κ1) is 17.5. The highest BCUT2D eigenvalue weighted by molar-refractivity contribution is 9.10. The van der Waals surface area contributed by atoms with Crippen molar-refractivity contribution in [3.05, 3.63) is 64.6 Å². The standard InChI is InChI=1S/C19H19BrN2O3/c1-2-19(14-7-4-3-5-8-14)17(23)22(18(24)21-19)11-12-25-16-10-6-9-15(20)13-16/h3-10,13H,2,11-12H2,1H3,(H,21,24). The first-order chi connectivity index (χ1) is 12.1. The van der Waals surface area contributed by atoms with Gasteiger partial charge in [-0.1, -0.05) is 59.3 Å². The number of carbonyl (C=O) groups is 2. The van der Waals surface area contributed by atoms with E-state index in [2.05, 4.69) is 21.2 Å². The summed E-state index contributed by atoms with van der Waals surface area (Å²) in [5, 5.41) is 2.87. The van der Waals surface area contributed by atoms with Crippen LogP contribution in [0.1, 0.15) is 18.9 Å². The molecule has 0 bridgehead atoms. The molecule has 0 saturated carbocycles. The van der Waals surface area contributed by atoms with Gasteiger partial charge in [-0.2, -0.15) is 0 Å². The van der Waals surface area contributed by atoms with E-state index in [9.17, 15) is 9.59 Å². The van der Waals surface area contributed by atoms with Crippen molar-refractivity contribution in [3.8, 4) is 5.75 Å². The molecular weight excluding hydrogens is 384 g/mol. The summed E-state index contributed by atoms with van der Waals surface area (Å²) in [6, 6.07) is 16.4. The fourth-order valence-electron chi connectivity index (χ4n) is 3.00. The molecule has 1 heterocycles. The lowest BCUT2D eigenvalue weighted by molar-refractivity contribution is -0.132. The number of amides is 3. The van der Waals surface area contributed by atoms with E-state index in [-0.39, 0.29) is 25.1 Å². The zero-order valence-corrected chi connectivity index (χ0v) is 15.5. The van der Waals surface area contributed by atoms with Gasteiger partial charge in [-0.15, -0.1) is 0 Å². The van der Waals surface area contributed by atoms with Crippen LogP contribution in [0.4, 0.5) is 4.79 Å². The molecule has 1 aliphatic heterocycles. The molecule has 0 aliphatic carbocycles. The molecule has 1 N–H and O–H groups in total. The third-order valence-electron chi connectivity index (χ3n) is 4.35. The topological polar surface area (TPSA) is 58.6 Å². The SMILES string of the molecule is CCC1(c2ccccc2)NC(=O)N(CCOc2cccc(Br)c2)C1=O. The van der Waals surface area contributed by atoms with E-state index in [1.807, 2.05) is 61.5 Å². The second-order valence-electron chi connectivity index (χ2n) is 5.82. The number of ether oxygens (including phenoxy) is 1. The molecule has 1 fully saturated rings. The Morgan fingerprint density at radius 2 is 1.88 bits per heavy atom. The minimum absolute atomic E-state index is 0.200. The van der Waals surface area contributed by atoms with Crippen molar-refractivity contribution in [1.82, 2.24) is 10.2 Å². The maximum atomic E-state index is 12.9. The Morgan fingerprint density at radius 1 is 1.12 bits per heavy atom. The molecule has 2 aromatic carbocycles. The number of nitrogens with zero attached hydrogens (tertiary/aromatic N) is 1. The lowest BCUT2D eigenvalue weighted by Gasteiger charge is -2.25. The summed E-state index contributed by atoms with van der Waals surface area (Å²) >= 11 is 3.38. The lowest BCUT2D eigenvalue weighted by Crippen LogP contribution is -2.43. The monoisotopic (exact) mass is 402 g/mol. The fraction of sp³-hybridized carbons (Fsp3) is 0.263. The Labute approximate surface area is 155 Å². The predicted molar refractivity (Wildman–Crippen MR) is 98.3 cm³/mol. The molecule has 6 heteroatoms. The highest BCUT2D eigenvalue weighted by Gasteiger charge is 2.50. The quantitative estimate of drug-likeness (QED) is 0.749. The fourth-order valence-corrected chi connectivity index (χ4v) is 3.38. The van der Waals surface area contributed by atoms with Gasteiger partial charge in [0.15, 0.2) is 0 Å². The van der Waals surface area contributed by atoms with E-state index in [0.717, 1.165) is 10.0 Å². The number of hydrogen-bond acceptors (Lipinski definition) is 3. The van der Waals surface area contributed by atoms with Crippen LogP contribution >= 0.6 is 15.9 Å². The molecule has 1 aliphatic rings. The van der Waals surface area contributed by atoms with Crippen LogP contribution in [-0.2, 0) is 10.3 Å². The molecule has 0 aromatic heterocycles. The summed E-state index contributed by atoms with van der Waals surface area (Å²) in [7, 11) is 0. The number of rotatable bonds is 6. The van der Waals surface area contributed by atoms with Gasteiger partial charge in [0.2, 0.25) is 0 Å². The number of carbonyl (C=O) groups excluding carboxylic acids is 2.